The molecule has 1 aliphatic heterocycles. The smallest absolute Gasteiger partial charge is 0.250 e. The van der Waals surface area contributed by atoms with Crippen molar-refractivity contribution in [2.45, 2.75) is 0 Å². The molecule has 0 aromatic rings. The maximum absolute atomic E-state index is 5.78. The van der Waals surface area contributed by atoms with Gasteiger partial charge in [0.25, 0.3) is 0 Å². The van der Waals surface area contributed by atoms with Gasteiger partial charge in [0.15, 0.2) is 0 Å². The number of nitrogens with zero attached hydrogens (tertiary/aromatic N) is 2. The second kappa shape index (κ2) is 1.94. The third-order valence-electron chi connectivity index (χ3n) is 1.40. The van der Waals surface area contributed by atoms with Gasteiger partial charge in [-0.3, -0.25) is 9.48 Å². The van der Waals surface area contributed by atoms with E-state index < -0.39 is 0 Å². The van der Waals surface area contributed by atoms with Crippen LogP contribution < -0.4 is 0 Å². The zero-order valence-electron chi connectivity index (χ0n) is 5.19. The summed E-state index contributed by atoms with van der Waals surface area (Å²) in [7, 11) is 3.98. The van der Waals surface area contributed by atoms with Crippen LogP contribution in [0.4, 0.5) is 0 Å². The first-order valence-corrected chi connectivity index (χ1v) is 3.04. The highest BCUT2D eigenvalue weighted by Crippen LogP contribution is 1.98. The fraction of sp³-hybridized carbons (Fsp3) is 0.800. The summed E-state index contributed by atoms with van der Waals surface area (Å²) in [5.74, 6) is 0. The minimum atomic E-state index is 0.852. The molecule has 1 aliphatic rings. The van der Waals surface area contributed by atoms with E-state index >= 15 is 0 Å². The highest BCUT2D eigenvalue weighted by atomic mass is 35.5. The van der Waals surface area contributed by atoms with Crippen molar-refractivity contribution in [3.8, 4) is 0 Å². The molecule has 2 nitrogen and oxygen atoms in total. The lowest BCUT2D eigenvalue weighted by molar-refractivity contribution is -0.484. The second-order valence-corrected chi connectivity index (χ2v) is 2.45. The summed E-state index contributed by atoms with van der Waals surface area (Å²) in [5, 5.41) is 0.852. The van der Waals surface area contributed by atoms with E-state index in [0.29, 0.717) is 0 Å². The summed E-state index contributed by atoms with van der Waals surface area (Å²) in [5.41, 5.74) is 0. The van der Waals surface area contributed by atoms with Crippen LogP contribution >= 0.6 is 11.6 Å². The Labute approximate surface area is 54.4 Å². The standard InChI is InChI=1S/C5H10ClN2/c1-7-3-4-8(2)5(7)6/h3-4H2,1-2H3/q+1. The molecule has 0 fully saturated rings. The SMILES string of the molecule is CN1CC[N+](C)=C1Cl. The zero-order valence-corrected chi connectivity index (χ0v) is 5.94. The largest absolute Gasteiger partial charge is 0.344 e. The van der Waals surface area contributed by atoms with E-state index in [-0.39, 0.29) is 0 Å². The Hall–Kier alpha value is -0.240. The molecule has 3 heteroatoms. The molecular weight excluding hydrogens is 124 g/mol. The van der Waals surface area contributed by atoms with E-state index in [2.05, 4.69) is 0 Å². The van der Waals surface area contributed by atoms with Gasteiger partial charge in [-0.25, -0.2) is 0 Å². The van der Waals surface area contributed by atoms with Crippen molar-refractivity contribution in [1.82, 2.24) is 4.90 Å². The minimum Gasteiger partial charge on any atom is -0.250 e. The van der Waals surface area contributed by atoms with E-state index in [4.69, 9.17) is 11.6 Å². The van der Waals surface area contributed by atoms with Gasteiger partial charge in [-0.1, -0.05) is 0 Å². The molecule has 0 bridgehead atoms. The average Bonchev–Trinajstić information content (AvgIpc) is 1.98. The summed E-state index contributed by atoms with van der Waals surface area (Å²) in [4.78, 5) is 2.03. The Morgan fingerprint density at radius 1 is 1.75 bits per heavy atom. The molecule has 0 spiro atoms. The first-order valence-electron chi connectivity index (χ1n) is 2.66. The molecule has 8 heavy (non-hydrogen) atoms. The maximum atomic E-state index is 5.78. The Morgan fingerprint density at radius 3 is 2.50 bits per heavy atom. The van der Waals surface area contributed by atoms with E-state index in [0.717, 1.165) is 18.4 Å². The van der Waals surface area contributed by atoms with Crippen molar-refractivity contribution < 1.29 is 4.58 Å². The van der Waals surface area contributed by atoms with Gasteiger partial charge < -0.3 is 0 Å². The normalized spacial score (nSPS) is 20.6. The van der Waals surface area contributed by atoms with Crippen LogP contribution in [0.5, 0.6) is 0 Å². The van der Waals surface area contributed by atoms with Crippen LogP contribution in [0.15, 0.2) is 0 Å². The van der Waals surface area contributed by atoms with Gasteiger partial charge in [0.2, 0.25) is 0 Å². The van der Waals surface area contributed by atoms with Crippen LogP contribution in [-0.4, -0.2) is 42.0 Å². The van der Waals surface area contributed by atoms with Crippen molar-refractivity contribution in [2.75, 3.05) is 27.2 Å². The van der Waals surface area contributed by atoms with Crippen LogP contribution in [0.25, 0.3) is 0 Å². The van der Waals surface area contributed by atoms with Crippen LogP contribution in [0.2, 0.25) is 0 Å². The molecule has 0 amide bonds. The summed E-state index contributed by atoms with van der Waals surface area (Å²) in [6, 6.07) is 0. The molecule has 0 aromatic carbocycles. The van der Waals surface area contributed by atoms with E-state index in [1.165, 1.54) is 0 Å². The lowest BCUT2D eigenvalue weighted by Crippen LogP contribution is -2.18. The van der Waals surface area contributed by atoms with Crippen LogP contribution in [0.3, 0.4) is 0 Å². The molecule has 0 atom stereocenters. The van der Waals surface area contributed by atoms with Crippen molar-refractivity contribution in [2.24, 2.45) is 0 Å². The summed E-state index contributed by atoms with van der Waals surface area (Å²) < 4.78 is 2.03. The monoisotopic (exact) mass is 133 g/mol. The predicted octanol–water partition coefficient (Wildman–Crippen LogP) is 0.169. The van der Waals surface area contributed by atoms with Crippen molar-refractivity contribution >= 4 is 16.9 Å². The first-order chi connectivity index (χ1) is 3.72. The van der Waals surface area contributed by atoms with Gasteiger partial charge in [0, 0.05) is 11.6 Å². The van der Waals surface area contributed by atoms with Gasteiger partial charge in [-0.2, -0.15) is 0 Å². The Morgan fingerprint density at radius 2 is 2.38 bits per heavy atom. The highest BCUT2D eigenvalue weighted by Gasteiger charge is 2.21. The summed E-state index contributed by atoms with van der Waals surface area (Å²) in [6.07, 6.45) is 0. The van der Waals surface area contributed by atoms with Gasteiger partial charge in [0.1, 0.15) is 13.1 Å². The fourth-order valence-electron chi connectivity index (χ4n) is 0.776. The van der Waals surface area contributed by atoms with Gasteiger partial charge in [-0.05, 0) is 0 Å². The topological polar surface area (TPSA) is 6.25 Å². The number of rotatable bonds is 0. The van der Waals surface area contributed by atoms with Crippen LogP contribution in [0.1, 0.15) is 0 Å². The second-order valence-electron chi connectivity index (χ2n) is 2.11. The third-order valence-corrected chi connectivity index (χ3v) is 1.98. The van der Waals surface area contributed by atoms with Crippen LogP contribution in [0, 0.1) is 0 Å². The molecule has 0 saturated carbocycles. The molecule has 1 heterocycles. The molecule has 0 aromatic heterocycles. The average molecular weight is 134 g/mol. The van der Waals surface area contributed by atoms with Gasteiger partial charge in [-0.15, -0.1) is 0 Å². The molecule has 46 valence electrons. The minimum absolute atomic E-state index is 0.852. The quantitative estimate of drug-likeness (QED) is 0.337. The Kier molecular flexibility index (Phi) is 1.43. The van der Waals surface area contributed by atoms with Crippen molar-refractivity contribution in [3.05, 3.63) is 0 Å². The number of amidine groups is 1. The summed E-state index contributed by atoms with van der Waals surface area (Å²) >= 11 is 5.78. The zero-order chi connectivity index (χ0) is 6.15. The maximum Gasteiger partial charge on any atom is 0.344 e. The molecule has 0 radical (unpaired) electrons. The summed E-state index contributed by atoms with van der Waals surface area (Å²) in [6.45, 7) is 2.10. The number of likely N-dealkylation sites (N-methyl/N-ethyl adjacent to an activating group) is 2. The molecule has 0 aliphatic carbocycles. The van der Waals surface area contributed by atoms with E-state index in [1.807, 2.05) is 23.6 Å². The third kappa shape index (κ3) is 0.802. The number of hydrogen-bond donors (Lipinski definition) is 0. The molecule has 0 unspecified atom stereocenters. The fourth-order valence-corrected chi connectivity index (χ4v) is 0.945. The Balaban J connectivity index is 2.71. The lowest BCUT2D eigenvalue weighted by Gasteiger charge is -1.95. The van der Waals surface area contributed by atoms with Crippen molar-refractivity contribution in [3.63, 3.8) is 0 Å². The first kappa shape index (κ1) is 5.89. The number of halogens is 1. The lowest BCUT2D eigenvalue weighted by atomic mass is 10.6. The van der Waals surface area contributed by atoms with E-state index in [1.54, 1.807) is 0 Å². The Bertz CT molecular complexity index is 130. The van der Waals surface area contributed by atoms with Crippen LogP contribution in [-0.2, 0) is 0 Å². The number of hydrogen-bond acceptors (Lipinski definition) is 1. The molecule has 1 rings (SSSR count). The molecule has 0 saturated heterocycles. The highest BCUT2D eigenvalue weighted by molar-refractivity contribution is 6.63. The molecule has 0 N–H and O–H groups in total. The van der Waals surface area contributed by atoms with Crippen molar-refractivity contribution in [1.29, 1.82) is 0 Å². The predicted molar refractivity (Wildman–Crippen MR) is 34.5 cm³/mol. The van der Waals surface area contributed by atoms with Gasteiger partial charge >= 0.3 is 5.29 Å². The van der Waals surface area contributed by atoms with Gasteiger partial charge in [0.05, 0.1) is 14.1 Å². The molecular formula is C5H10ClN2+. The van der Waals surface area contributed by atoms with E-state index in [9.17, 15) is 0 Å².